The number of carboxylic acid groups (broad SMARTS) is 1. The maximum atomic E-state index is 13.6. The van der Waals surface area contributed by atoms with Gasteiger partial charge in [-0.3, -0.25) is 4.79 Å². The van der Waals surface area contributed by atoms with Crippen LogP contribution >= 0.6 is 23.2 Å². The molecule has 0 radical (unpaired) electrons. The molecule has 0 saturated carbocycles. The van der Waals surface area contributed by atoms with Gasteiger partial charge >= 0.3 is 12.0 Å². The van der Waals surface area contributed by atoms with Gasteiger partial charge in [-0.25, -0.2) is 9.18 Å². The zero-order valence-corrected chi connectivity index (χ0v) is 14.2. The van der Waals surface area contributed by atoms with Crippen LogP contribution in [0.25, 0.3) is 0 Å². The van der Waals surface area contributed by atoms with Crippen LogP contribution < -0.4 is 5.32 Å². The summed E-state index contributed by atoms with van der Waals surface area (Å²) in [5, 5.41) is 12.0. The minimum absolute atomic E-state index is 0.117. The van der Waals surface area contributed by atoms with E-state index >= 15 is 0 Å². The average Bonchev–Trinajstić information content (AvgIpc) is 2.87. The Bertz CT molecular complexity index is 656. The van der Waals surface area contributed by atoms with Crippen molar-refractivity contribution in [2.45, 2.75) is 26.3 Å². The third kappa shape index (κ3) is 3.53. The molecule has 2 unspecified atom stereocenters. The first-order valence-electron chi connectivity index (χ1n) is 7.08. The van der Waals surface area contributed by atoms with Crippen LogP contribution in [0.2, 0.25) is 10.0 Å². The van der Waals surface area contributed by atoms with Crippen molar-refractivity contribution in [2.24, 2.45) is 5.41 Å². The molecule has 0 aromatic heterocycles. The van der Waals surface area contributed by atoms with E-state index in [1.165, 1.54) is 11.0 Å². The SMILES string of the molecule is CC(NC(=O)N1CCC(C)(C(=O)O)C1)c1c(Cl)ccc(F)c1Cl. The third-order valence-electron chi connectivity index (χ3n) is 4.13. The lowest BCUT2D eigenvalue weighted by Crippen LogP contribution is -2.41. The molecule has 5 nitrogen and oxygen atoms in total. The number of carbonyl (C=O) groups is 2. The Balaban J connectivity index is 2.10. The van der Waals surface area contributed by atoms with Gasteiger partial charge < -0.3 is 15.3 Å². The molecular weight excluding hydrogens is 346 g/mol. The van der Waals surface area contributed by atoms with Gasteiger partial charge in [0.25, 0.3) is 0 Å². The maximum absolute atomic E-state index is 13.6. The molecule has 1 heterocycles. The highest BCUT2D eigenvalue weighted by Crippen LogP contribution is 2.33. The molecule has 2 amide bonds. The van der Waals surface area contributed by atoms with E-state index in [0.717, 1.165) is 6.07 Å². The second kappa shape index (κ2) is 6.53. The van der Waals surface area contributed by atoms with Crippen LogP contribution in [-0.2, 0) is 4.79 Å². The van der Waals surface area contributed by atoms with Crippen LogP contribution in [-0.4, -0.2) is 35.1 Å². The number of nitrogens with zero attached hydrogens (tertiary/aromatic N) is 1. The molecule has 1 aromatic carbocycles. The summed E-state index contributed by atoms with van der Waals surface area (Å²) in [7, 11) is 0. The normalized spacial score (nSPS) is 22.0. The molecule has 0 aliphatic carbocycles. The van der Waals surface area contributed by atoms with Gasteiger partial charge in [-0.2, -0.15) is 0 Å². The Labute approximate surface area is 143 Å². The van der Waals surface area contributed by atoms with E-state index in [0.29, 0.717) is 18.5 Å². The number of benzene rings is 1. The van der Waals surface area contributed by atoms with Crippen molar-refractivity contribution in [3.63, 3.8) is 0 Å². The van der Waals surface area contributed by atoms with Crippen molar-refractivity contribution in [3.05, 3.63) is 33.6 Å². The first-order valence-corrected chi connectivity index (χ1v) is 7.83. The number of urea groups is 1. The smallest absolute Gasteiger partial charge is 0.317 e. The van der Waals surface area contributed by atoms with Gasteiger partial charge in [0.15, 0.2) is 0 Å². The number of nitrogens with one attached hydrogen (secondary N) is 1. The Kier molecular flexibility index (Phi) is 5.06. The zero-order valence-electron chi connectivity index (χ0n) is 12.7. The topological polar surface area (TPSA) is 69.6 Å². The number of halogens is 3. The van der Waals surface area contributed by atoms with Gasteiger partial charge in [0.2, 0.25) is 0 Å². The average molecular weight is 363 g/mol. The number of hydrogen-bond acceptors (Lipinski definition) is 2. The standard InChI is InChI=1S/C15H17Cl2FN2O3/c1-8(11-9(16)3-4-10(18)12(11)17)19-14(23)20-6-5-15(2,7-20)13(21)22/h3-4,8H,5-7H2,1-2H3,(H,19,23)(H,21,22). The molecule has 1 saturated heterocycles. The van der Waals surface area contributed by atoms with E-state index in [1.54, 1.807) is 13.8 Å². The zero-order chi connectivity index (χ0) is 17.4. The van der Waals surface area contributed by atoms with E-state index < -0.39 is 29.3 Å². The second-order valence-corrected chi connectivity index (χ2v) is 6.75. The summed E-state index contributed by atoms with van der Waals surface area (Å²) in [4.78, 5) is 24.9. The first kappa shape index (κ1) is 17.8. The third-order valence-corrected chi connectivity index (χ3v) is 4.84. The number of carboxylic acids is 1. The lowest BCUT2D eigenvalue weighted by Gasteiger charge is -2.24. The van der Waals surface area contributed by atoms with Crippen molar-refractivity contribution >= 4 is 35.2 Å². The van der Waals surface area contributed by atoms with Crippen molar-refractivity contribution in [1.82, 2.24) is 10.2 Å². The number of carbonyl (C=O) groups excluding carboxylic acids is 1. The monoisotopic (exact) mass is 362 g/mol. The van der Waals surface area contributed by atoms with E-state index in [1.807, 2.05) is 0 Å². The number of likely N-dealkylation sites (tertiary alicyclic amines) is 1. The number of aliphatic carboxylic acids is 1. The van der Waals surface area contributed by atoms with Gasteiger partial charge in [-0.1, -0.05) is 23.2 Å². The molecule has 8 heteroatoms. The van der Waals surface area contributed by atoms with Gasteiger partial charge in [0.05, 0.1) is 16.5 Å². The summed E-state index contributed by atoms with van der Waals surface area (Å²) < 4.78 is 13.6. The predicted molar refractivity (Wildman–Crippen MR) is 85.3 cm³/mol. The second-order valence-electron chi connectivity index (χ2n) is 5.97. The molecule has 126 valence electrons. The quantitative estimate of drug-likeness (QED) is 0.805. The highest BCUT2D eigenvalue weighted by Gasteiger charge is 2.42. The first-order chi connectivity index (χ1) is 10.7. The molecule has 1 aliphatic rings. The van der Waals surface area contributed by atoms with Crippen molar-refractivity contribution in [2.75, 3.05) is 13.1 Å². The summed E-state index contributed by atoms with van der Waals surface area (Å²) in [6.07, 6.45) is 0.381. The fraction of sp³-hybridized carbons (Fsp3) is 0.467. The molecule has 0 bridgehead atoms. The molecule has 1 aromatic rings. The van der Waals surface area contributed by atoms with Crippen LogP contribution in [0, 0.1) is 11.2 Å². The number of hydrogen-bond donors (Lipinski definition) is 2. The van der Waals surface area contributed by atoms with Gasteiger partial charge in [0.1, 0.15) is 5.82 Å². The lowest BCUT2D eigenvalue weighted by atomic mass is 9.90. The summed E-state index contributed by atoms with van der Waals surface area (Å²) in [6.45, 7) is 3.70. The van der Waals surface area contributed by atoms with E-state index in [4.69, 9.17) is 23.2 Å². The molecule has 0 spiro atoms. The Morgan fingerprint density at radius 1 is 1.43 bits per heavy atom. The van der Waals surface area contributed by atoms with Gasteiger partial charge in [-0.05, 0) is 32.4 Å². The van der Waals surface area contributed by atoms with Crippen LogP contribution in [0.1, 0.15) is 31.9 Å². The molecule has 2 rings (SSSR count). The fourth-order valence-corrected chi connectivity index (χ4v) is 3.30. The molecule has 1 aliphatic heterocycles. The molecule has 2 N–H and O–H groups in total. The Hall–Kier alpha value is -1.53. The molecule has 1 fully saturated rings. The summed E-state index contributed by atoms with van der Waals surface area (Å²) in [5.41, 5.74) is -0.656. The highest BCUT2D eigenvalue weighted by atomic mass is 35.5. The largest absolute Gasteiger partial charge is 0.481 e. The van der Waals surface area contributed by atoms with Crippen molar-refractivity contribution in [3.8, 4) is 0 Å². The maximum Gasteiger partial charge on any atom is 0.317 e. The van der Waals surface area contributed by atoms with Crippen molar-refractivity contribution < 1.29 is 19.1 Å². The Morgan fingerprint density at radius 3 is 2.65 bits per heavy atom. The number of amides is 2. The van der Waals surface area contributed by atoms with Gasteiger partial charge in [-0.15, -0.1) is 0 Å². The summed E-state index contributed by atoms with van der Waals surface area (Å²) in [6, 6.07) is 1.48. The van der Waals surface area contributed by atoms with Crippen LogP contribution in [0.5, 0.6) is 0 Å². The van der Waals surface area contributed by atoms with E-state index in [2.05, 4.69) is 5.32 Å². The number of rotatable bonds is 3. The van der Waals surface area contributed by atoms with Crippen LogP contribution in [0.4, 0.5) is 9.18 Å². The van der Waals surface area contributed by atoms with Gasteiger partial charge in [0, 0.05) is 23.7 Å². The Morgan fingerprint density at radius 2 is 2.09 bits per heavy atom. The molecular formula is C15H17Cl2FN2O3. The minimum Gasteiger partial charge on any atom is -0.481 e. The molecule has 23 heavy (non-hydrogen) atoms. The molecule has 2 atom stereocenters. The summed E-state index contributed by atoms with van der Waals surface area (Å²) >= 11 is 12.0. The highest BCUT2D eigenvalue weighted by molar-refractivity contribution is 6.36. The predicted octanol–water partition coefficient (Wildman–Crippen LogP) is 3.70. The fourth-order valence-electron chi connectivity index (χ4n) is 2.60. The summed E-state index contributed by atoms with van der Waals surface area (Å²) in [5.74, 6) is -1.55. The minimum atomic E-state index is -0.950. The lowest BCUT2D eigenvalue weighted by molar-refractivity contribution is -0.147. The van der Waals surface area contributed by atoms with Crippen LogP contribution in [0.15, 0.2) is 12.1 Å². The van der Waals surface area contributed by atoms with E-state index in [9.17, 15) is 19.1 Å². The van der Waals surface area contributed by atoms with Crippen LogP contribution in [0.3, 0.4) is 0 Å². The van der Waals surface area contributed by atoms with Crippen molar-refractivity contribution in [1.29, 1.82) is 0 Å². The van der Waals surface area contributed by atoms with E-state index in [-0.39, 0.29) is 16.6 Å².